The Morgan fingerprint density at radius 2 is 1.94 bits per heavy atom. The molecule has 3 heteroatoms. The van der Waals surface area contributed by atoms with Crippen LogP contribution in [0.5, 0.6) is 5.75 Å². The number of rotatable bonds is 3. The Morgan fingerprint density at radius 1 is 1.19 bits per heavy atom. The van der Waals surface area contributed by atoms with Crippen LogP contribution in [0.4, 0.5) is 0 Å². The summed E-state index contributed by atoms with van der Waals surface area (Å²) in [4.78, 5) is 15.7. The van der Waals surface area contributed by atoms with Gasteiger partial charge in [-0.3, -0.25) is 9.78 Å². The van der Waals surface area contributed by atoms with E-state index >= 15 is 0 Å². The molecule has 0 aliphatic heterocycles. The topological polar surface area (TPSA) is 50.2 Å². The van der Waals surface area contributed by atoms with Gasteiger partial charge in [0.1, 0.15) is 5.75 Å². The third-order valence-corrected chi connectivity index (χ3v) is 2.28. The van der Waals surface area contributed by atoms with Crippen LogP contribution in [-0.4, -0.2) is 15.9 Å². The van der Waals surface area contributed by atoms with Crippen molar-refractivity contribution in [3.63, 3.8) is 0 Å². The summed E-state index contributed by atoms with van der Waals surface area (Å²) in [7, 11) is 0. The van der Waals surface area contributed by atoms with Gasteiger partial charge in [-0.05, 0) is 29.8 Å². The second-order valence-corrected chi connectivity index (χ2v) is 3.51. The molecule has 1 aromatic heterocycles. The highest BCUT2D eigenvalue weighted by Crippen LogP contribution is 2.12. The number of nitrogens with zero attached hydrogens (tertiary/aromatic N) is 1. The van der Waals surface area contributed by atoms with Crippen LogP contribution in [0.1, 0.15) is 15.9 Å². The number of phenolic OH excluding ortho intramolecular Hbond substituents is 1. The molecule has 3 nitrogen and oxygen atoms in total. The van der Waals surface area contributed by atoms with Gasteiger partial charge in [-0.25, -0.2) is 0 Å². The minimum atomic E-state index is 0.0267. The van der Waals surface area contributed by atoms with Crippen LogP contribution in [0.3, 0.4) is 0 Å². The van der Waals surface area contributed by atoms with Crippen molar-refractivity contribution in [1.29, 1.82) is 0 Å². The molecule has 0 spiro atoms. The Bertz CT molecular complexity index is 477. The molecular weight excluding hydrogens is 202 g/mol. The lowest BCUT2D eigenvalue weighted by Crippen LogP contribution is -2.03. The van der Waals surface area contributed by atoms with Crippen LogP contribution >= 0.6 is 0 Å². The van der Waals surface area contributed by atoms with Gasteiger partial charge in [-0.15, -0.1) is 0 Å². The van der Waals surface area contributed by atoms with Crippen molar-refractivity contribution in [2.45, 2.75) is 6.42 Å². The maximum Gasteiger partial charge on any atom is 0.168 e. The lowest BCUT2D eigenvalue weighted by atomic mass is 10.0. The zero-order valence-electron chi connectivity index (χ0n) is 8.63. The average Bonchev–Trinajstić information content (AvgIpc) is 2.33. The first-order valence-electron chi connectivity index (χ1n) is 4.97. The Balaban J connectivity index is 2.11. The van der Waals surface area contributed by atoms with Crippen LogP contribution in [0.25, 0.3) is 0 Å². The highest BCUT2D eigenvalue weighted by molar-refractivity contribution is 5.97. The summed E-state index contributed by atoms with van der Waals surface area (Å²) < 4.78 is 0. The number of aromatic nitrogens is 1. The predicted octanol–water partition coefficient (Wildman–Crippen LogP) is 2.21. The molecule has 0 fully saturated rings. The second-order valence-electron chi connectivity index (χ2n) is 3.51. The van der Waals surface area contributed by atoms with E-state index in [0.29, 0.717) is 12.0 Å². The standard InChI is InChI=1S/C13H11NO2/c15-12-5-3-10(4-6-12)8-13(16)11-2-1-7-14-9-11/h1-7,9,15H,8H2. The zero-order valence-corrected chi connectivity index (χ0v) is 8.63. The summed E-state index contributed by atoms with van der Waals surface area (Å²) >= 11 is 0. The molecule has 0 aliphatic rings. The van der Waals surface area contributed by atoms with E-state index in [1.165, 1.54) is 0 Å². The van der Waals surface area contributed by atoms with Crippen LogP contribution in [0.15, 0.2) is 48.8 Å². The first kappa shape index (κ1) is 10.4. The fourth-order valence-electron chi connectivity index (χ4n) is 1.43. The van der Waals surface area contributed by atoms with E-state index in [9.17, 15) is 4.79 Å². The first-order chi connectivity index (χ1) is 7.75. The fraction of sp³-hybridized carbons (Fsp3) is 0.0769. The van der Waals surface area contributed by atoms with Crippen molar-refractivity contribution in [2.75, 3.05) is 0 Å². The van der Waals surface area contributed by atoms with Crippen molar-refractivity contribution >= 4 is 5.78 Å². The van der Waals surface area contributed by atoms with Gasteiger partial charge in [0.25, 0.3) is 0 Å². The Labute approximate surface area is 93.4 Å². The molecule has 0 amide bonds. The van der Waals surface area contributed by atoms with Gasteiger partial charge in [-0.1, -0.05) is 12.1 Å². The second kappa shape index (κ2) is 4.57. The van der Waals surface area contributed by atoms with Gasteiger partial charge in [0.2, 0.25) is 0 Å². The van der Waals surface area contributed by atoms with E-state index in [4.69, 9.17) is 5.11 Å². The number of carbonyl (C=O) groups excluding carboxylic acids is 1. The summed E-state index contributed by atoms with van der Waals surface area (Å²) in [6, 6.07) is 10.1. The third-order valence-electron chi connectivity index (χ3n) is 2.28. The molecule has 1 aromatic carbocycles. The Morgan fingerprint density at radius 3 is 2.56 bits per heavy atom. The smallest absolute Gasteiger partial charge is 0.168 e. The van der Waals surface area contributed by atoms with Gasteiger partial charge in [0.15, 0.2) is 5.78 Å². The summed E-state index contributed by atoms with van der Waals surface area (Å²) in [5.74, 6) is 0.233. The van der Waals surface area contributed by atoms with Crippen molar-refractivity contribution in [1.82, 2.24) is 4.98 Å². The maximum absolute atomic E-state index is 11.8. The van der Waals surface area contributed by atoms with E-state index in [1.807, 2.05) is 0 Å². The Hall–Kier alpha value is -2.16. The van der Waals surface area contributed by atoms with E-state index in [2.05, 4.69) is 4.98 Å². The molecule has 16 heavy (non-hydrogen) atoms. The number of hydrogen-bond acceptors (Lipinski definition) is 3. The average molecular weight is 213 g/mol. The number of hydrogen-bond donors (Lipinski definition) is 1. The number of benzene rings is 1. The molecule has 0 bridgehead atoms. The van der Waals surface area contributed by atoms with Crippen LogP contribution in [0.2, 0.25) is 0 Å². The number of Topliss-reactive ketones (excluding diaryl/α,β-unsaturated/α-hetero) is 1. The lowest BCUT2D eigenvalue weighted by molar-refractivity contribution is 0.0992. The largest absolute Gasteiger partial charge is 0.508 e. The molecule has 1 heterocycles. The summed E-state index contributed by atoms with van der Waals surface area (Å²) in [6.07, 6.45) is 3.52. The fourth-order valence-corrected chi connectivity index (χ4v) is 1.43. The Kier molecular flexibility index (Phi) is 2.96. The van der Waals surface area contributed by atoms with Gasteiger partial charge in [0, 0.05) is 24.4 Å². The normalized spacial score (nSPS) is 10.0. The van der Waals surface area contributed by atoms with Gasteiger partial charge >= 0.3 is 0 Å². The molecule has 0 radical (unpaired) electrons. The zero-order chi connectivity index (χ0) is 11.4. The summed E-state index contributed by atoms with van der Waals surface area (Å²) in [5.41, 5.74) is 1.49. The monoisotopic (exact) mass is 213 g/mol. The molecule has 2 aromatic rings. The molecule has 0 unspecified atom stereocenters. The molecule has 0 aliphatic carbocycles. The van der Waals surface area contributed by atoms with Crippen LogP contribution in [-0.2, 0) is 6.42 Å². The van der Waals surface area contributed by atoms with Gasteiger partial charge in [-0.2, -0.15) is 0 Å². The molecule has 0 saturated carbocycles. The van der Waals surface area contributed by atoms with Crippen LogP contribution in [0, 0.1) is 0 Å². The molecule has 2 rings (SSSR count). The van der Waals surface area contributed by atoms with E-state index in [-0.39, 0.29) is 11.5 Å². The molecule has 1 N–H and O–H groups in total. The molecule has 80 valence electrons. The van der Waals surface area contributed by atoms with E-state index in [1.54, 1.807) is 48.8 Å². The van der Waals surface area contributed by atoms with Crippen molar-refractivity contribution < 1.29 is 9.90 Å². The minimum Gasteiger partial charge on any atom is -0.508 e. The lowest BCUT2D eigenvalue weighted by Gasteiger charge is -2.01. The minimum absolute atomic E-state index is 0.0267. The van der Waals surface area contributed by atoms with E-state index in [0.717, 1.165) is 5.56 Å². The van der Waals surface area contributed by atoms with Gasteiger partial charge < -0.3 is 5.11 Å². The quantitative estimate of drug-likeness (QED) is 0.795. The van der Waals surface area contributed by atoms with Crippen LogP contribution < -0.4 is 0 Å². The summed E-state index contributed by atoms with van der Waals surface area (Å²) in [5, 5.41) is 9.11. The maximum atomic E-state index is 11.8. The van der Waals surface area contributed by atoms with Crippen molar-refractivity contribution in [2.24, 2.45) is 0 Å². The number of ketones is 1. The molecule has 0 saturated heterocycles. The van der Waals surface area contributed by atoms with Crippen molar-refractivity contribution in [3.05, 3.63) is 59.9 Å². The number of aromatic hydroxyl groups is 1. The number of carbonyl (C=O) groups is 1. The number of pyridine rings is 1. The molecule has 0 atom stereocenters. The third kappa shape index (κ3) is 2.45. The summed E-state index contributed by atoms with van der Waals surface area (Å²) in [6.45, 7) is 0. The van der Waals surface area contributed by atoms with Gasteiger partial charge in [0.05, 0.1) is 0 Å². The molecular formula is C13H11NO2. The predicted molar refractivity (Wildman–Crippen MR) is 60.4 cm³/mol. The highest BCUT2D eigenvalue weighted by atomic mass is 16.3. The number of phenols is 1. The van der Waals surface area contributed by atoms with E-state index < -0.39 is 0 Å². The first-order valence-corrected chi connectivity index (χ1v) is 4.97. The van der Waals surface area contributed by atoms with Crippen molar-refractivity contribution in [3.8, 4) is 5.75 Å². The SMILES string of the molecule is O=C(Cc1ccc(O)cc1)c1cccnc1. The highest BCUT2D eigenvalue weighted by Gasteiger charge is 2.06.